The minimum atomic E-state index is 1.01. The fourth-order valence-electron chi connectivity index (χ4n) is 1.31. The van der Waals surface area contributed by atoms with E-state index in [0.29, 0.717) is 0 Å². The van der Waals surface area contributed by atoms with Gasteiger partial charge in [-0.05, 0) is 50.2 Å². The number of likely N-dealkylation sites (N-methyl/N-ethyl adjacent to an activating group) is 1. The Morgan fingerprint density at radius 1 is 1.43 bits per heavy atom. The van der Waals surface area contributed by atoms with E-state index in [1.165, 1.54) is 11.1 Å². The molecule has 1 aromatic rings. The zero-order chi connectivity index (χ0) is 10.6. The Kier molecular flexibility index (Phi) is 4.36. The topological polar surface area (TPSA) is 12.0 Å². The first-order valence-corrected chi connectivity index (χ1v) is 5.52. The number of halogens is 1. The Labute approximate surface area is 94.3 Å². The minimum Gasteiger partial charge on any atom is -0.319 e. The summed E-state index contributed by atoms with van der Waals surface area (Å²) in [6.07, 6.45) is 1.05. The molecule has 0 spiro atoms. The Bertz CT molecular complexity index is 331. The Morgan fingerprint density at radius 2 is 2.14 bits per heavy atom. The number of benzene rings is 1. The highest BCUT2D eigenvalue weighted by atomic mass is 79.9. The summed E-state index contributed by atoms with van der Waals surface area (Å²) in [5.41, 5.74) is 3.66. The monoisotopic (exact) mass is 253 g/mol. The normalized spacial score (nSPS) is 10.2. The van der Waals surface area contributed by atoms with Crippen LogP contribution < -0.4 is 5.32 Å². The summed E-state index contributed by atoms with van der Waals surface area (Å²) < 4.78 is 1.13. The van der Waals surface area contributed by atoms with E-state index in [-0.39, 0.29) is 0 Å². The second-order valence-corrected chi connectivity index (χ2v) is 4.40. The summed E-state index contributed by atoms with van der Waals surface area (Å²) in [6.45, 7) is 6.99. The van der Waals surface area contributed by atoms with E-state index in [9.17, 15) is 0 Å². The molecule has 0 aliphatic heterocycles. The van der Waals surface area contributed by atoms with Crippen molar-refractivity contribution in [2.24, 2.45) is 0 Å². The first-order valence-electron chi connectivity index (χ1n) is 4.73. The molecule has 1 aromatic carbocycles. The SMILES string of the molecule is C=C(C)c1cc(Br)cc(CCNC)c1. The zero-order valence-corrected chi connectivity index (χ0v) is 10.3. The van der Waals surface area contributed by atoms with Crippen LogP contribution in [-0.2, 0) is 6.42 Å². The molecule has 0 bridgehead atoms. The molecular weight excluding hydrogens is 238 g/mol. The lowest BCUT2D eigenvalue weighted by molar-refractivity contribution is 0.791. The second-order valence-electron chi connectivity index (χ2n) is 3.48. The maximum Gasteiger partial charge on any atom is 0.0184 e. The van der Waals surface area contributed by atoms with Crippen LogP contribution >= 0.6 is 15.9 Å². The molecule has 76 valence electrons. The van der Waals surface area contributed by atoms with Crippen LogP contribution in [0.1, 0.15) is 18.1 Å². The van der Waals surface area contributed by atoms with Gasteiger partial charge in [-0.2, -0.15) is 0 Å². The predicted octanol–water partition coefficient (Wildman–Crippen LogP) is 3.24. The zero-order valence-electron chi connectivity index (χ0n) is 8.73. The molecule has 0 saturated carbocycles. The highest BCUT2D eigenvalue weighted by molar-refractivity contribution is 9.10. The van der Waals surface area contributed by atoms with E-state index in [0.717, 1.165) is 23.0 Å². The maximum absolute atomic E-state index is 3.95. The van der Waals surface area contributed by atoms with E-state index in [1.54, 1.807) is 0 Å². The van der Waals surface area contributed by atoms with Crippen molar-refractivity contribution in [1.82, 2.24) is 5.32 Å². The summed E-state index contributed by atoms with van der Waals surface area (Å²) in [7, 11) is 1.97. The third-order valence-corrected chi connectivity index (χ3v) is 2.57. The molecule has 0 aliphatic carbocycles. The van der Waals surface area contributed by atoms with Crippen LogP contribution in [0.5, 0.6) is 0 Å². The number of rotatable bonds is 4. The standard InChI is InChI=1S/C12H16BrN/c1-9(2)11-6-10(4-5-14-3)7-12(13)8-11/h6-8,14H,1,4-5H2,2-3H3. The molecule has 0 saturated heterocycles. The third-order valence-electron chi connectivity index (χ3n) is 2.11. The van der Waals surface area contributed by atoms with Crippen molar-refractivity contribution in [1.29, 1.82) is 0 Å². The fourth-order valence-corrected chi connectivity index (χ4v) is 1.85. The molecule has 0 amide bonds. The molecular formula is C12H16BrN. The second kappa shape index (κ2) is 5.32. The van der Waals surface area contributed by atoms with E-state index in [4.69, 9.17) is 0 Å². The molecule has 1 rings (SSSR count). The van der Waals surface area contributed by atoms with Crippen LogP contribution in [0.2, 0.25) is 0 Å². The molecule has 1 nitrogen and oxygen atoms in total. The van der Waals surface area contributed by atoms with Gasteiger partial charge in [0.2, 0.25) is 0 Å². The van der Waals surface area contributed by atoms with Gasteiger partial charge in [0, 0.05) is 4.47 Å². The largest absolute Gasteiger partial charge is 0.319 e. The van der Waals surface area contributed by atoms with Gasteiger partial charge in [0.05, 0.1) is 0 Å². The number of allylic oxidation sites excluding steroid dienone is 1. The van der Waals surface area contributed by atoms with Crippen molar-refractivity contribution in [3.63, 3.8) is 0 Å². The van der Waals surface area contributed by atoms with Crippen LogP contribution in [0.25, 0.3) is 5.57 Å². The summed E-state index contributed by atoms with van der Waals surface area (Å²) >= 11 is 3.51. The molecule has 0 unspecified atom stereocenters. The van der Waals surface area contributed by atoms with Crippen molar-refractivity contribution in [2.45, 2.75) is 13.3 Å². The van der Waals surface area contributed by atoms with Gasteiger partial charge in [-0.25, -0.2) is 0 Å². The Morgan fingerprint density at radius 3 is 2.71 bits per heavy atom. The van der Waals surface area contributed by atoms with Crippen LogP contribution in [0.4, 0.5) is 0 Å². The quantitative estimate of drug-likeness (QED) is 0.869. The minimum absolute atomic E-state index is 1.01. The molecule has 0 radical (unpaired) electrons. The van der Waals surface area contributed by atoms with Gasteiger partial charge in [-0.15, -0.1) is 0 Å². The third kappa shape index (κ3) is 3.28. The molecule has 0 atom stereocenters. The molecule has 0 aromatic heterocycles. The number of hydrogen-bond donors (Lipinski definition) is 1. The van der Waals surface area contributed by atoms with Crippen LogP contribution in [-0.4, -0.2) is 13.6 Å². The van der Waals surface area contributed by atoms with Crippen molar-refractivity contribution in [2.75, 3.05) is 13.6 Å². The van der Waals surface area contributed by atoms with Crippen molar-refractivity contribution >= 4 is 21.5 Å². The van der Waals surface area contributed by atoms with E-state index in [1.807, 2.05) is 14.0 Å². The highest BCUT2D eigenvalue weighted by Gasteiger charge is 1.99. The lowest BCUT2D eigenvalue weighted by Gasteiger charge is -2.06. The summed E-state index contributed by atoms with van der Waals surface area (Å²) in [4.78, 5) is 0. The van der Waals surface area contributed by atoms with Gasteiger partial charge in [-0.3, -0.25) is 0 Å². The van der Waals surface area contributed by atoms with Gasteiger partial charge < -0.3 is 5.32 Å². The van der Waals surface area contributed by atoms with Crippen LogP contribution in [0.3, 0.4) is 0 Å². The van der Waals surface area contributed by atoms with Gasteiger partial charge in [0.1, 0.15) is 0 Å². The predicted molar refractivity (Wildman–Crippen MR) is 66.5 cm³/mol. The first kappa shape index (κ1) is 11.5. The van der Waals surface area contributed by atoms with Gasteiger partial charge in [0.15, 0.2) is 0 Å². The molecule has 14 heavy (non-hydrogen) atoms. The highest BCUT2D eigenvalue weighted by Crippen LogP contribution is 2.20. The van der Waals surface area contributed by atoms with E-state index in [2.05, 4.69) is 46.0 Å². The Balaban J connectivity index is 2.89. The van der Waals surface area contributed by atoms with E-state index < -0.39 is 0 Å². The van der Waals surface area contributed by atoms with Gasteiger partial charge in [0.25, 0.3) is 0 Å². The molecule has 0 aliphatic rings. The Hall–Kier alpha value is -0.600. The first-order chi connectivity index (χ1) is 6.63. The summed E-state index contributed by atoms with van der Waals surface area (Å²) in [5.74, 6) is 0. The van der Waals surface area contributed by atoms with E-state index >= 15 is 0 Å². The fraction of sp³-hybridized carbons (Fsp3) is 0.333. The maximum atomic E-state index is 3.95. The smallest absolute Gasteiger partial charge is 0.0184 e. The molecule has 0 heterocycles. The van der Waals surface area contributed by atoms with Crippen molar-refractivity contribution < 1.29 is 0 Å². The average molecular weight is 254 g/mol. The van der Waals surface area contributed by atoms with Crippen molar-refractivity contribution in [3.05, 3.63) is 40.4 Å². The molecule has 1 N–H and O–H groups in total. The molecule has 0 fully saturated rings. The van der Waals surface area contributed by atoms with Crippen molar-refractivity contribution in [3.8, 4) is 0 Å². The van der Waals surface area contributed by atoms with Crippen LogP contribution in [0.15, 0.2) is 29.3 Å². The number of hydrogen-bond acceptors (Lipinski definition) is 1. The summed E-state index contributed by atoms with van der Waals surface area (Å²) in [6, 6.07) is 6.46. The van der Waals surface area contributed by atoms with Crippen LogP contribution in [0, 0.1) is 0 Å². The van der Waals surface area contributed by atoms with Gasteiger partial charge in [-0.1, -0.05) is 34.1 Å². The van der Waals surface area contributed by atoms with Gasteiger partial charge >= 0.3 is 0 Å². The average Bonchev–Trinajstić information content (AvgIpc) is 2.14. The number of nitrogens with one attached hydrogen (secondary N) is 1. The lowest BCUT2D eigenvalue weighted by Crippen LogP contribution is -2.10. The summed E-state index contributed by atoms with van der Waals surface area (Å²) in [5, 5.41) is 3.15. The molecule has 2 heteroatoms. The lowest BCUT2D eigenvalue weighted by atomic mass is 10.0.